The molecule has 1 fully saturated rings. The molecule has 7 heteroatoms. The average molecular weight is 488 g/mol. The third kappa shape index (κ3) is 7.07. The predicted octanol–water partition coefficient (Wildman–Crippen LogP) is 4.76. The van der Waals surface area contributed by atoms with Crippen molar-refractivity contribution in [2.75, 3.05) is 19.7 Å². The van der Waals surface area contributed by atoms with Gasteiger partial charge in [-0.25, -0.2) is 4.98 Å². The number of hydrogen-bond acceptors (Lipinski definition) is 5. The summed E-state index contributed by atoms with van der Waals surface area (Å²) < 4.78 is 11.6. The van der Waals surface area contributed by atoms with Crippen LogP contribution in [0.3, 0.4) is 0 Å². The van der Waals surface area contributed by atoms with Crippen LogP contribution < -0.4 is 14.8 Å². The van der Waals surface area contributed by atoms with Crippen LogP contribution in [0.1, 0.15) is 37.3 Å². The largest absolute Gasteiger partial charge is 0.494 e. The van der Waals surface area contributed by atoms with Gasteiger partial charge in [0.15, 0.2) is 0 Å². The summed E-state index contributed by atoms with van der Waals surface area (Å²) >= 11 is 0. The number of ether oxygens (including phenoxy) is 2. The SMILES string of the molecule is CCCOc1ccc(Oc2ncccc2CNC(=O)C2CCCN(C(=O)Cc3ccccc3)C2)cc1. The molecular weight excluding hydrogens is 454 g/mol. The molecule has 2 heterocycles. The van der Waals surface area contributed by atoms with Gasteiger partial charge in [-0.15, -0.1) is 0 Å². The van der Waals surface area contributed by atoms with E-state index in [1.165, 1.54) is 0 Å². The van der Waals surface area contributed by atoms with E-state index in [0.29, 0.717) is 44.3 Å². The topological polar surface area (TPSA) is 80.8 Å². The van der Waals surface area contributed by atoms with Crippen molar-refractivity contribution >= 4 is 11.8 Å². The second-order valence-electron chi connectivity index (χ2n) is 8.95. The number of carbonyl (C=O) groups is 2. The maximum absolute atomic E-state index is 13.0. The lowest BCUT2D eigenvalue weighted by molar-refractivity contribution is -0.135. The predicted molar refractivity (Wildman–Crippen MR) is 138 cm³/mol. The quantitative estimate of drug-likeness (QED) is 0.446. The molecule has 0 bridgehead atoms. The fourth-order valence-electron chi connectivity index (χ4n) is 4.21. The number of nitrogens with one attached hydrogen (secondary N) is 1. The van der Waals surface area contributed by atoms with E-state index in [-0.39, 0.29) is 17.7 Å². The van der Waals surface area contributed by atoms with Gasteiger partial charge in [0.1, 0.15) is 11.5 Å². The molecule has 3 aromatic rings. The molecule has 36 heavy (non-hydrogen) atoms. The minimum Gasteiger partial charge on any atom is -0.494 e. The molecule has 0 saturated carbocycles. The van der Waals surface area contributed by atoms with Crippen molar-refractivity contribution < 1.29 is 19.1 Å². The molecule has 1 unspecified atom stereocenters. The third-order valence-corrected chi connectivity index (χ3v) is 6.16. The van der Waals surface area contributed by atoms with Crippen molar-refractivity contribution in [3.8, 4) is 17.4 Å². The van der Waals surface area contributed by atoms with E-state index >= 15 is 0 Å². The smallest absolute Gasteiger partial charge is 0.227 e. The molecule has 1 N–H and O–H groups in total. The first-order chi connectivity index (χ1) is 17.6. The fraction of sp³-hybridized carbons (Fsp3) is 0.345. The summed E-state index contributed by atoms with van der Waals surface area (Å²) in [6.45, 7) is 4.17. The highest BCUT2D eigenvalue weighted by atomic mass is 16.5. The lowest BCUT2D eigenvalue weighted by Crippen LogP contribution is -2.45. The summed E-state index contributed by atoms with van der Waals surface area (Å²) in [6.07, 6.45) is 4.56. The molecule has 188 valence electrons. The normalized spacial score (nSPS) is 15.2. The second-order valence-corrected chi connectivity index (χ2v) is 8.95. The first-order valence-electron chi connectivity index (χ1n) is 12.6. The monoisotopic (exact) mass is 487 g/mol. The Hall–Kier alpha value is -3.87. The van der Waals surface area contributed by atoms with Gasteiger partial charge in [-0.2, -0.15) is 0 Å². The van der Waals surface area contributed by atoms with Gasteiger partial charge in [-0.05, 0) is 55.2 Å². The van der Waals surface area contributed by atoms with Crippen molar-refractivity contribution in [3.63, 3.8) is 0 Å². The molecule has 7 nitrogen and oxygen atoms in total. The number of benzene rings is 2. The zero-order valence-corrected chi connectivity index (χ0v) is 20.7. The van der Waals surface area contributed by atoms with Gasteiger partial charge in [-0.1, -0.05) is 43.3 Å². The third-order valence-electron chi connectivity index (χ3n) is 6.16. The van der Waals surface area contributed by atoms with Crippen molar-refractivity contribution in [1.82, 2.24) is 15.2 Å². The summed E-state index contributed by atoms with van der Waals surface area (Å²) in [7, 11) is 0. The molecule has 1 saturated heterocycles. The Bertz CT molecular complexity index is 1130. The molecule has 1 aliphatic rings. The number of aromatic nitrogens is 1. The van der Waals surface area contributed by atoms with Crippen LogP contribution in [0.15, 0.2) is 72.9 Å². The molecule has 0 spiro atoms. The number of likely N-dealkylation sites (tertiary alicyclic amines) is 1. The minimum absolute atomic E-state index is 0.0561. The summed E-state index contributed by atoms with van der Waals surface area (Å²) in [6, 6.07) is 20.8. The highest BCUT2D eigenvalue weighted by Crippen LogP contribution is 2.25. The van der Waals surface area contributed by atoms with E-state index in [0.717, 1.165) is 36.1 Å². The van der Waals surface area contributed by atoms with Crippen LogP contribution in [0.5, 0.6) is 17.4 Å². The first kappa shape index (κ1) is 25.2. The van der Waals surface area contributed by atoms with Crippen LogP contribution in [0.25, 0.3) is 0 Å². The van der Waals surface area contributed by atoms with E-state index in [4.69, 9.17) is 9.47 Å². The Morgan fingerprint density at radius 1 is 1.03 bits per heavy atom. The van der Waals surface area contributed by atoms with Crippen molar-refractivity contribution in [3.05, 3.63) is 84.1 Å². The molecule has 1 aromatic heterocycles. The Balaban J connectivity index is 1.31. The van der Waals surface area contributed by atoms with Crippen molar-refractivity contribution in [2.24, 2.45) is 5.92 Å². The van der Waals surface area contributed by atoms with Gasteiger partial charge in [-0.3, -0.25) is 9.59 Å². The Labute approximate surface area is 212 Å². The molecule has 2 aromatic carbocycles. The van der Waals surface area contributed by atoms with Crippen LogP contribution in [0.4, 0.5) is 0 Å². The van der Waals surface area contributed by atoms with E-state index in [1.807, 2.05) is 71.6 Å². The van der Waals surface area contributed by atoms with Gasteiger partial charge in [0.2, 0.25) is 17.7 Å². The zero-order valence-electron chi connectivity index (χ0n) is 20.7. The van der Waals surface area contributed by atoms with Crippen molar-refractivity contribution in [2.45, 2.75) is 39.2 Å². The number of amides is 2. The molecule has 0 radical (unpaired) electrons. The van der Waals surface area contributed by atoms with Crippen LogP contribution in [0.2, 0.25) is 0 Å². The van der Waals surface area contributed by atoms with Gasteiger partial charge in [0.25, 0.3) is 0 Å². The van der Waals surface area contributed by atoms with Crippen LogP contribution in [0, 0.1) is 5.92 Å². The molecule has 1 aliphatic heterocycles. The maximum atomic E-state index is 13.0. The molecular formula is C29H33N3O4. The van der Waals surface area contributed by atoms with Crippen LogP contribution in [-0.2, 0) is 22.6 Å². The molecule has 1 atom stereocenters. The molecule has 2 amide bonds. The number of piperidine rings is 1. The van der Waals surface area contributed by atoms with E-state index in [2.05, 4.69) is 17.2 Å². The molecule has 4 rings (SSSR count). The molecule has 0 aliphatic carbocycles. The van der Waals surface area contributed by atoms with Crippen LogP contribution >= 0.6 is 0 Å². The van der Waals surface area contributed by atoms with Crippen molar-refractivity contribution in [1.29, 1.82) is 0 Å². The Morgan fingerprint density at radius 2 is 1.81 bits per heavy atom. The van der Waals surface area contributed by atoms with E-state index in [1.54, 1.807) is 6.20 Å². The van der Waals surface area contributed by atoms with Gasteiger partial charge < -0.3 is 19.7 Å². The summed E-state index contributed by atoms with van der Waals surface area (Å²) in [5.41, 5.74) is 1.77. The number of hydrogen-bond donors (Lipinski definition) is 1. The average Bonchev–Trinajstić information content (AvgIpc) is 2.92. The summed E-state index contributed by atoms with van der Waals surface area (Å²) in [4.78, 5) is 31.9. The van der Waals surface area contributed by atoms with Gasteiger partial charge >= 0.3 is 0 Å². The fourth-order valence-corrected chi connectivity index (χ4v) is 4.21. The summed E-state index contributed by atoms with van der Waals surface area (Å²) in [5.74, 6) is 1.66. The highest BCUT2D eigenvalue weighted by molar-refractivity contribution is 5.82. The van der Waals surface area contributed by atoms with Crippen LogP contribution in [-0.4, -0.2) is 41.4 Å². The Kier molecular flexibility index (Phi) is 8.92. The Morgan fingerprint density at radius 3 is 2.58 bits per heavy atom. The van der Waals surface area contributed by atoms with E-state index in [9.17, 15) is 9.59 Å². The number of pyridine rings is 1. The lowest BCUT2D eigenvalue weighted by atomic mass is 9.96. The van der Waals surface area contributed by atoms with Gasteiger partial charge in [0, 0.05) is 31.4 Å². The number of rotatable bonds is 10. The maximum Gasteiger partial charge on any atom is 0.227 e. The standard InChI is InChI=1S/C29H33N3O4/c1-2-18-35-25-12-14-26(15-13-25)36-29-23(10-6-16-30-29)20-31-28(34)24-11-7-17-32(21-24)27(33)19-22-8-4-3-5-9-22/h3-6,8-10,12-16,24H,2,7,11,17-21H2,1H3,(H,31,34). The van der Waals surface area contributed by atoms with Gasteiger partial charge in [0.05, 0.1) is 18.9 Å². The number of carbonyl (C=O) groups excluding carboxylic acids is 2. The minimum atomic E-state index is -0.227. The summed E-state index contributed by atoms with van der Waals surface area (Å²) in [5, 5.41) is 3.02. The zero-order chi connectivity index (χ0) is 25.2. The highest BCUT2D eigenvalue weighted by Gasteiger charge is 2.28. The van der Waals surface area contributed by atoms with E-state index < -0.39 is 0 Å². The first-order valence-corrected chi connectivity index (χ1v) is 12.6. The second kappa shape index (κ2) is 12.7. The number of nitrogens with zero attached hydrogens (tertiary/aromatic N) is 2. The lowest BCUT2D eigenvalue weighted by Gasteiger charge is -2.32.